The Hall–Kier alpha value is -6.35. The molecule has 2 saturated heterocycles. The number of thiazole rings is 1. The number of benzene rings is 4. The smallest absolute Gasteiger partial charge is 0.268 e. The Bertz CT molecular complexity index is 3400. The second-order valence-corrected chi connectivity index (χ2v) is 25.8. The average molecular weight is 1130 g/mol. The van der Waals surface area contributed by atoms with Crippen molar-refractivity contribution in [2.75, 3.05) is 75.8 Å². The molecule has 1 unspecified atom stereocenters. The maximum atomic E-state index is 15.1. The van der Waals surface area contributed by atoms with Crippen LogP contribution in [0.25, 0.3) is 16.0 Å². The number of pyridine rings is 1. The number of aromatic nitrogens is 2. The van der Waals surface area contributed by atoms with Gasteiger partial charge in [-0.05, 0) is 142 Å². The van der Waals surface area contributed by atoms with E-state index in [0.29, 0.717) is 47.8 Å². The van der Waals surface area contributed by atoms with E-state index >= 15 is 4.39 Å². The fourth-order valence-corrected chi connectivity index (χ4v) is 15.2. The zero-order chi connectivity index (χ0) is 56.1. The maximum Gasteiger partial charge on any atom is 0.268 e. The number of carbonyl (C=O) groups is 1. The van der Waals surface area contributed by atoms with Crippen LogP contribution in [-0.2, 0) is 23.0 Å². The number of hydrogen-bond donors (Lipinski definition) is 3. The van der Waals surface area contributed by atoms with Gasteiger partial charge in [0.15, 0.2) is 5.75 Å². The van der Waals surface area contributed by atoms with Crippen molar-refractivity contribution in [3.63, 3.8) is 0 Å². The summed E-state index contributed by atoms with van der Waals surface area (Å²) in [6.07, 6.45) is 8.78. The molecule has 1 atom stereocenters. The van der Waals surface area contributed by atoms with Gasteiger partial charge >= 0.3 is 0 Å². The highest BCUT2D eigenvalue weighted by molar-refractivity contribution is 7.90. The number of carbonyl (C=O) groups excluding carboxylic acids is 1. The number of aliphatic hydroxyl groups is 1. The molecule has 424 valence electrons. The fraction of sp³-hybridized carbons (Fsp3) is 0.459. The Kier molecular flexibility index (Phi) is 15.6. The number of anilines is 3. The minimum atomic E-state index is -4.66. The van der Waals surface area contributed by atoms with Gasteiger partial charge in [0.1, 0.15) is 27.7 Å². The zero-order valence-electron chi connectivity index (χ0n) is 46.5. The number of piperazine rings is 1. The van der Waals surface area contributed by atoms with Crippen LogP contribution in [0.3, 0.4) is 0 Å². The molecule has 2 aromatic heterocycles. The van der Waals surface area contributed by atoms with Gasteiger partial charge < -0.3 is 39.8 Å². The molecule has 1 spiro atoms. The molecule has 0 bridgehead atoms. The molecular weight excluding hydrogens is 1060 g/mol. The van der Waals surface area contributed by atoms with Crippen molar-refractivity contribution in [2.45, 2.75) is 114 Å². The number of allylic oxidation sites excluding steroid dienone is 1. The van der Waals surface area contributed by atoms with Crippen molar-refractivity contribution in [3.8, 4) is 23.1 Å². The van der Waals surface area contributed by atoms with Crippen LogP contribution in [0.15, 0.2) is 95.3 Å². The predicted octanol–water partition coefficient (Wildman–Crippen LogP) is 11.2. The molecule has 19 heteroatoms. The van der Waals surface area contributed by atoms with E-state index in [4.69, 9.17) is 14.2 Å². The highest BCUT2D eigenvalue weighted by Crippen LogP contribution is 2.54. The fourth-order valence-electron chi connectivity index (χ4n) is 12.9. The molecule has 0 radical (unpaired) electrons. The third-order valence-electron chi connectivity index (χ3n) is 17.6. The van der Waals surface area contributed by atoms with E-state index in [0.717, 1.165) is 101 Å². The molecule has 5 aliphatic rings. The zero-order valence-corrected chi connectivity index (χ0v) is 48.1. The Morgan fingerprint density at radius 2 is 1.71 bits per heavy atom. The van der Waals surface area contributed by atoms with Crippen molar-refractivity contribution in [1.29, 1.82) is 0 Å². The number of amides is 1. The lowest BCUT2D eigenvalue weighted by atomic mass is 9.59. The SMILES string of the molecule is COc1ccc(CN2CCN(C3CC4(CCN(c5ccc(C(=O)NS(=O)(=O)c6cc(N(C)[O-])c(NCC7CCC(C)(O)CC7)c7ncsc67)c(Oc6cc7c(nc6OC)CC=C7F)c5)CC4)C3)C(c3ccccc3C(C)C)C2)cc1. The van der Waals surface area contributed by atoms with Gasteiger partial charge in [0.2, 0.25) is 0 Å². The minimum Gasteiger partial charge on any atom is -0.758 e. The number of nitrogens with zero attached hydrogens (tertiary/aromatic N) is 6. The summed E-state index contributed by atoms with van der Waals surface area (Å²) in [5.41, 5.74) is 7.21. The summed E-state index contributed by atoms with van der Waals surface area (Å²) in [5.74, 6) is 0.204. The van der Waals surface area contributed by atoms with E-state index in [1.54, 1.807) is 25.3 Å². The molecule has 2 saturated carbocycles. The van der Waals surface area contributed by atoms with Gasteiger partial charge in [-0.2, -0.15) is 0 Å². The van der Waals surface area contributed by atoms with Gasteiger partial charge in [0.05, 0.1) is 52.7 Å². The van der Waals surface area contributed by atoms with Crippen molar-refractivity contribution in [1.82, 2.24) is 24.5 Å². The number of fused-ring (bicyclic) bond motifs is 2. The molecule has 4 heterocycles. The molecule has 6 aromatic rings. The third-order valence-corrected chi connectivity index (χ3v) is 19.9. The monoisotopic (exact) mass is 1130 g/mol. The first-order valence-electron chi connectivity index (χ1n) is 28.0. The number of methoxy groups -OCH3 is 2. The molecule has 16 nitrogen and oxygen atoms in total. The van der Waals surface area contributed by atoms with Gasteiger partial charge in [-0.15, -0.1) is 11.3 Å². The summed E-state index contributed by atoms with van der Waals surface area (Å²) < 4.78 is 64.3. The van der Waals surface area contributed by atoms with Crippen LogP contribution in [-0.4, -0.2) is 111 Å². The lowest BCUT2D eigenvalue weighted by Gasteiger charge is -2.58. The summed E-state index contributed by atoms with van der Waals surface area (Å²) in [6.45, 7) is 12.2. The van der Waals surface area contributed by atoms with Crippen LogP contribution in [0, 0.1) is 16.5 Å². The molecule has 80 heavy (non-hydrogen) atoms. The van der Waals surface area contributed by atoms with Crippen molar-refractivity contribution >= 4 is 60.4 Å². The second kappa shape index (κ2) is 22.5. The topological polar surface area (TPSA) is 185 Å². The number of ether oxygens (including phenoxy) is 3. The van der Waals surface area contributed by atoms with Crippen LogP contribution in [0.4, 0.5) is 21.5 Å². The molecule has 3 N–H and O–H groups in total. The summed E-state index contributed by atoms with van der Waals surface area (Å²) >= 11 is 1.08. The Morgan fingerprint density at radius 3 is 2.42 bits per heavy atom. The molecule has 4 aromatic carbocycles. The number of halogens is 1. The lowest BCUT2D eigenvalue weighted by molar-refractivity contribution is -0.0628. The minimum absolute atomic E-state index is 0.0205. The number of piperidine rings is 1. The summed E-state index contributed by atoms with van der Waals surface area (Å²) in [4.78, 5) is 31.0. The summed E-state index contributed by atoms with van der Waals surface area (Å²) in [6, 6.07) is 26.0. The van der Waals surface area contributed by atoms with Gasteiger partial charge in [-0.1, -0.05) is 50.2 Å². The van der Waals surface area contributed by atoms with E-state index in [9.17, 15) is 23.5 Å². The first-order chi connectivity index (χ1) is 38.4. The molecule has 3 aliphatic carbocycles. The van der Waals surface area contributed by atoms with Crippen molar-refractivity contribution in [2.24, 2.45) is 11.3 Å². The second-order valence-electron chi connectivity index (χ2n) is 23.3. The van der Waals surface area contributed by atoms with E-state index in [1.807, 2.05) is 19.1 Å². The number of hydrogen-bond acceptors (Lipinski definition) is 16. The highest BCUT2D eigenvalue weighted by atomic mass is 32.2. The average Bonchev–Trinajstić information content (AvgIpc) is 4.09. The van der Waals surface area contributed by atoms with Crippen LogP contribution in [0.5, 0.6) is 23.1 Å². The number of sulfonamides is 1. The highest BCUT2D eigenvalue weighted by Gasteiger charge is 2.50. The van der Waals surface area contributed by atoms with Crippen LogP contribution >= 0.6 is 11.3 Å². The Morgan fingerprint density at radius 1 is 0.963 bits per heavy atom. The summed E-state index contributed by atoms with van der Waals surface area (Å²) in [7, 11) is -0.253. The first kappa shape index (κ1) is 55.6. The lowest BCUT2D eigenvalue weighted by Crippen LogP contribution is -2.60. The molecule has 2 aliphatic heterocycles. The molecule has 11 rings (SSSR count). The van der Waals surface area contributed by atoms with Crippen molar-refractivity contribution in [3.05, 3.63) is 129 Å². The first-order valence-corrected chi connectivity index (χ1v) is 30.3. The van der Waals surface area contributed by atoms with Crippen LogP contribution < -0.4 is 34.2 Å². The third kappa shape index (κ3) is 11.3. The van der Waals surface area contributed by atoms with Gasteiger partial charge in [0, 0.05) is 81.6 Å². The van der Waals surface area contributed by atoms with E-state index in [-0.39, 0.29) is 73.1 Å². The largest absolute Gasteiger partial charge is 0.758 e. The van der Waals surface area contributed by atoms with E-state index in [1.165, 1.54) is 54.6 Å². The molecule has 1 amide bonds. The predicted molar refractivity (Wildman–Crippen MR) is 312 cm³/mol. The van der Waals surface area contributed by atoms with Gasteiger partial charge in [0.25, 0.3) is 21.8 Å². The maximum absolute atomic E-state index is 15.1. The summed E-state index contributed by atoms with van der Waals surface area (Å²) in [5, 5.41) is 27.6. The van der Waals surface area contributed by atoms with Crippen molar-refractivity contribution < 1.29 is 36.9 Å². The normalized spacial score (nSPS) is 21.5. The Balaban J connectivity index is 0.825. The number of nitrogens with one attached hydrogen (secondary N) is 2. The van der Waals surface area contributed by atoms with Gasteiger partial charge in [-0.25, -0.2) is 27.5 Å². The molecule has 4 fully saturated rings. The molecular formula is C61H72FN8O8S2-. The number of hydroxylamine groups is 1. The standard InChI is InChI=1S/C61H72FN8O8S2/c1-38(2)44-9-7-8-10-45(44)51-36-68(35-40-11-14-43(76-5)15-12-40)27-28-70(51)42-32-61(33-42)23-25-69(26-24-61)41-13-16-46(52(29-41)78-53-30-47-48(62)17-18-49(47)65-59(53)77-6)58(71)66-80(74,75)54-31-50(67(4)73)55(56-57(54)79-37-64-56)63-34-39-19-21-60(3,72)22-20-39/h7-17,29-31,37-39,42,51,63,72H,18-28,32-36H2,1-6H3,(H,66,71)/q-1. The van der Waals surface area contributed by atoms with Crippen LogP contribution in [0.2, 0.25) is 0 Å². The van der Waals surface area contributed by atoms with Crippen LogP contribution in [0.1, 0.15) is 122 Å². The quantitative estimate of drug-likeness (QED) is 0.0732. The van der Waals surface area contributed by atoms with Gasteiger partial charge in [-0.3, -0.25) is 14.6 Å². The van der Waals surface area contributed by atoms with E-state index in [2.05, 4.69) is 85.0 Å². The van der Waals surface area contributed by atoms with E-state index < -0.39 is 27.4 Å². The number of rotatable bonds is 17. The Labute approximate surface area is 472 Å².